The zero-order valence-electron chi connectivity index (χ0n) is 30.2. The number of nitrogens with zero attached hydrogens (tertiary/aromatic N) is 6. The average Bonchev–Trinajstić information content (AvgIpc) is 3.96. The second-order valence-corrected chi connectivity index (χ2v) is 15.1. The lowest BCUT2D eigenvalue weighted by Gasteiger charge is -2.11. The standard InChI is InChI=1S/C49H28N6OS/c1-3-15-29(16-4-1)42-45-43(33-21-9-12-28-40(33)57-45)51-47(50-42)35-23-14-27-39-41(35)34-22-13-24-36(44(34)56-39)48-52-46(30-17-5-2-6-18-30)53-49(54-48)55-37-25-10-7-19-31(37)32-20-8-11-26-38(32)55/h1-28H. The molecule has 0 bridgehead atoms. The summed E-state index contributed by atoms with van der Waals surface area (Å²) in [5, 5.41) is 5.25. The van der Waals surface area contributed by atoms with Gasteiger partial charge in [0.2, 0.25) is 5.95 Å². The van der Waals surface area contributed by atoms with Gasteiger partial charge >= 0.3 is 0 Å². The van der Waals surface area contributed by atoms with Gasteiger partial charge in [0.15, 0.2) is 17.5 Å². The van der Waals surface area contributed by atoms with E-state index in [1.54, 1.807) is 11.3 Å². The summed E-state index contributed by atoms with van der Waals surface area (Å²) in [5.41, 5.74) is 8.92. The van der Waals surface area contributed by atoms with Gasteiger partial charge in [0, 0.05) is 48.3 Å². The number of hydrogen-bond acceptors (Lipinski definition) is 7. The molecule has 0 amide bonds. The average molecular weight is 749 g/mol. The molecule has 266 valence electrons. The summed E-state index contributed by atoms with van der Waals surface area (Å²) in [6.07, 6.45) is 0. The number of furan rings is 1. The van der Waals surface area contributed by atoms with E-state index in [1.165, 1.54) is 4.70 Å². The van der Waals surface area contributed by atoms with Crippen molar-refractivity contribution >= 4 is 75.4 Å². The Morgan fingerprint density at radius 3 is 1.81 bits per heavy atom. The molecule has 0 saturated heterocycles. The number of hydrogen-bond donors (Lipinski definition) is 0. The van der Waals surface area contributed by atoms with Crippen LogP contribution in [-0.4, -0.2) is 29.5 Å². The minimum atomic E-state index is 0.515. The SMILES string of the molecule is c1ccc(-c2nc(-c3cccc4c3oc3cccc(-c5nc(-c6ccccc6)c6sc7ccccc7c6n5)c34)nc(-n3c4ccccc4c4ccccc43)n2)cc1. The van der Waals surface area contributed by atoms with E-state index in [0.717, 1.165) is 81.7 Å². The molecule has 0 spiro atoms. The molecule has 57 heavy (non-hydrogen) atoms. The molecule has 7 aromatic carbocycles. The van der Waals surface area contributed by atoms with E-state index in [2.05, 4.69) is 114 Å². The number of rotatable bonds is 5. The molecule has 0 aliphatic carbocycles. The molecule has 0 unspecified atom stereocenters. The van der Waals surface area contributed by atoms with Crippen LogP contribution in [0.3, 0.4) is 0 Å². The van der Waals surface area contributed by atoms with Gasteiger partial charge in [-0.25, -0.2) is 15.0 Å². The van der Waals surface area contributed by atoms with E-state index < -0.39 is 0 Å². The lowest BCUT2D eigenvalue weighted by Crippen LogP contribution is -2.06. The lowest BCUT2D eigenvalue weighted by molar-refractivity contribution is 0.669. The van der Waals surface area contributed by atoms with Crippen molar-refractivity contribution < 1.29 is 4.42 Å². The second-order valence-electron chi connectivity index (χ2n) is 14.0. The molecule has 5 aromatic heterocycles. The minimum Gasteiger partial charge on any atom is -0.455 e. The fraction of sp³-hybridized carbons (Fsp3) is 0. The topological polar surface area (TPSA) is 82.5 Å². The number of para-hydroxylation sites is 3. The van der Waals surface area contributed by atoms with E-state index in [0.29, 0.717) is 29.0 Å². The van der Waals surface area contributed by atoms with E-state index in [1.807, 2.05) is 60.7 Å². The van der Waals surface area contributed by atoms with Gasteiger partial charge in [0.25, 0.3) is 0 Å². The Morgan fingerprint density at radius 2 is 1.04 bits per heavy atom. The predicted molar refractivity (Wildman–Crippen MR) is 232 cm³/mol. The normalized spacial score (nSPS) is 11.9. The second kappa shape index (κ2) is 12.5. The number of aromatic nitrogens is 6. The first-order valence-corrected chi connectivity index (χ1v) is 19.6. The fourth-order valence-electron chi connectivity index (χ4n) is 8.15. The Labute approximate surface area is 329 Å². The maximum Gasteiger partial charge on any atom is 0.238 e. The van der Waals surface area contributed by atoms with Gasteiger partial charge in [-0.1, -0.05) is 140 Å². The molecule has 12 aromatic rings. The first-order chi connectivity index (χ1) is 28.3. The monoisotopic (exact) mass is 748 g/mol. The van der Waals surface area contributed by atoms with Crippen LogP contribution in [0.1, 0.15) is 0 Å². The highest BCUT2D eigenvalue weighted by molar-refractivity contribution is 7.26. The molecular formula is C49H28N6OS. The molecule has 0 N–H and O–H groups in total. The fourth-order valence-corrected chi connectivity index (χ4v) is 9.31. The molecule has 12 rings (SSSR count). The number of benzene rings is 7. The molecule has 0 aliphatic heterocycles. The Balaban J connectivity index is 1.11. The first-order valence-electron chi connectivity index (χ1n) is 18.8. The van der Waals surface area contributed by atoms with E-state index in [9.17, 15) is 0 Å². The molecule has 0 saturated carbocycles. The summed E-state index contributed by atoms with van der Waals surface area (Å²) in [6.45, 7) is 0. The summed E-state index contributed by atoms with van der Waals surface area (Å²) in [7, 11) is 0. The molecule has 0 atom stereocenters. The maximum absolute atomic E-state index is 6.81. The van der Waals surface area contributed by atoms with E-state index in [4.69, 9.17) is 29.3 Å². The minimum absolute atomic E-state index is 0.515. The van der Waals surface area contributed by atoms with Gasteiger partial charge in [-0.2, -0.15) is 9.97 Å². The molecule has 0 fully saturated rings. The van der Waals surface area contributed by atoms with Crippen LogP contribution >= 0.6 is 11.3 Å². The van der Waals surface area contributed by atoms with Crippen molar-refractivity contribution in [2.75, 3.05) is 0 Å². The van der Waals surface area contributed by atoms with Crippen LogP contribution in [0.4, 0.5) is 0 Å². The summed E-state index contributed by atoms with van der Waals surface area (Å²) in [5.74, 6) is 2.26. The summed E-state index contributed by atoms with van der Waals surface area (Å²) in [6, 6.07) is 57.9. The van der Waals surface area contributed by atoms with Crippen LogP contribution in [0.25, 0.3) is 115 Å². The number of fused-ring (bicyclic) bond motifs is 9. The maximum atomic E-state index is 6.81. The van der Waals surface area contributed by atoms with Crippen molar-refractivity contribution in [1.29, 1.82) is 0 Å². The van der Waals surface area contributed by atoms with Crippen LogP contribution in [0, 0.1) is 0 Å². The van der Waals surface area contributed by atoms with Crippen LogP contribution in [-0.2, 0) is 0 Å². The van der Waals surface area contributed by atoms with Gasteiger partial charge in [0.05, 0.1) is 32.5 Å². The van der Waals surface area contributed by atoms with Crippen molar-refractivity contribution in [2.24, 2.45) is 0 Å². The van der Waals surface area contributed by atoms with Crippen molar-refractivity contribution in [3.63, 3.8) is 0 Å². The smallest absolute Gasteiger partial charge is 0.238 e. The zero-order chi connectivity index (χ0) is 37.5. The largest absolute Gasteiger partial charge is 0.455 e. The van der Waals surface area contributed by atoms with Gasteiger partial charge in [-0.05, 0) is 30.3 Å². The van der Waals surface area contributed by atoms with Gasteiger partial charge < -0.3 is 4.42 Å². The molecular weight excluding hydrogens is 721 g/mol. The lowest BCUT2D eigenvalue weighted by atomic mass is 10.0. The van der Waals surface area contributed by atoms with Crippen LogP contribution < -0.4 is 0 Å². The highest BCUT2D eigenvalue weighted by Gasteiger charge is 2.23. The van der Waals surface area contributed by atoms with Gasteiger partial charge in [-0.3, -0.25) is 4.57 Å². The Morgan fingerprint density at radius 1 is 0.439 bits per heavy atom. The van der Waals surface area contributed by atoms with Crippen LogP contribution in [0.15, 0.2) is 174 Å². The third-order valence-electron chi connectivity index (χ3n) is 10.7. The van der Waals surface area contributed by atoms with Crippen molar-refractivity contribution in [2.45, 2.75) is 0 Å². The molecule has 7 nitrogen and oxygen atoms in total. The highest BCUT2D eigenvalue weighted by Crippen LogP contribution is 2.43. The Kier molecular flexibility index (Phi) is 6.96. The Bertz CT molecular complexity index is 3480. The van der Waals surface area contributed by atoms with E-state index in [-0.39, 0.29) is 0 Å². The molecule has 0 radical (unpaired) electrons. The zero-order valence-corrected chi connectivity index (χ0v) is 31.0. The quantitative estimate of drug-likeness (QED) is 0.174. The summed E-state index contributed by atoms with van der Waals surface area (Å²) < 4.78 is 11.2. The number of thiophene rings is 1. The van der Waals surface area contributed by atoms with Crippen molar-refractivity contribution in [3.05, 3.63) is 170 Å². The van der Waals surface area contributed by atoms with Crippen molar-refractivity contribution in [1.82, 2.24) is 29.5 Å². The van der Waals surface area contributed by atoms with Crippen LogP contribution in [0.2, 0.25) is 0 Å². The van der Waals surface area contributed by atoms with Gasteiger partial charge in [-0.15, -0.1) is 11.3 Å². The molecule has 8 heteroatoms. The third-order valence-corrected chi connectivity index (χ3v) is 11.9. The molecule has 0 aliphatic rings. The van der Waals surface area contributed by atoms with Gasteiger partial charge in [0.1, 0.15) is 11.2 Å². The molecule has 5 heterocycles. The van der Waals surface area contributed by atoms with Crippen molar-refractivity contribution in [3.8, 4) is 51.4 Å². The first kappa shape index (κ1) is 31.8. The third kappa shape index (κ3) is 4.94. The Hall–Kier alpha value is -7.55. The summed E-state index contributed by atoms with van der Waals surface area (Å²) >= 11 is 1.73. The van der Waals surface area contributed by atoms with Crippen LogP contribution in [0.5, 0.6) is 0 Å². The summed E-state index contributed by atoms with van der Waals surface area (Å²) in [4.78, 5) is 26.1. The van der Waals surface area contributed by atoms with E-state index >= 15 is 0 Å². The highest BCUT2D eigenvalue weighted by atomic mass is 32.1. The predicted octanol–water partition coefficient (Wildman–Crippen LogP) is 12.7.